The fourth-order valence-corrected chi connectivity index (χ4v) is 1.56. The third-order valence-electron chi connectivity index (χ3n) is 3.04. The van der Waals surface area contributed by atoms with Gasteiger partial charge in [0.15, 0.2) is 0 Å². The number of carboxylic acids is 1. The summed E-state index contributed by atoms with van der Waals surface area (Å²) in [5.41, 5.74) is 10.3. The van der Waals surface area contributed by atoms with Crippen LogP contribution in [0.2, 0.25) is 0 Å². The molecule has 0 saturated carbocycles. The van der Waals surface area contributed by atoms with Gasteiger partial charge in [-0.2, -0.15) is 0 Å². The van der Waals surface area contributed by atoms with E-state index < -0.39 is 66.8 Å². The molecule has 25 heavy (non-hydrogen) atoms. The van der Waals surface area contributed by atoms with E-state index in [1.165, 1.54) is 13.8 Å². The third-order valence-corrected chi connectivity index (χ3v) is 3.04. The number of nitrogens with one attached hydrogen (secondary N) is 3. The highest BCUT2D eigenvalue weighted by molar-refractivity contribution is 5.93. The van der Waals surface area contributed by atoms with Crippen molar-refractivity contribution in [2.75, 3.05) is 6.54 Å². The maximum absolute atomic E-state index is 11.8. The van der Waals surface area contributed by atoms with Crippen LogP contribution >= 0.6 is 0 Å². The van der Waals surface area contributed by atoms with Crippen LogP contribution in [0.15, 0.2) is 0 Å². The molecule has 0 aliphatic heterocycles. The molecule has 142 valence electrons. The van der Waals surface area contributed by atoms with Gasteiger partial charge in [0.25, 0.3) is 0 Å². The van der Waals surface area contributed by atoms with Crippen LogP contribution in [0.5, 0.6) is 0 Å². The lowest BCUT2D eigenvalue weighted by molar-refractivity contribution is -0.143. The molecule has 9 N–H and O–H groups in total. The van der Waals surface area contributed by atoms with Gasteiger partial charge in [-0.05, 0) is 13.8 Å². The number of carboxylic acid groups (broad SMARTS) is 1. The van der Waals surface area contributed by atoms with Crippen molar-refractivity contribution in [2.45, 2.75) is 44.5 Å². The number of hydrogen-bond donors (Lipinski definition) is 7. The number of carbonyl (C=O) groups excluding carboxylic acids is 4. The maximum atomic E-state index is 11.8. The van der Waals surface area contributed by atoms with E-state index in [9.17, 15) is 24.0 Å². The van der Waals surface area contributed by atoms with Gasteiger partial charge < -0.3 is 37.6 Å². The lowest BCUT2D eigenvalue weighted by Gasteiger charge is -2.18. The van der Waals surface area contributed by atoms with E-state index in [1.807, 2.05) is 0 Å². The highest BCUT2D eigenvalue weighted by Crippen LogP contribution is 1.94. The molecule has 0 aromatic heterocycles. The average Bonchev–Trinajstić information content (AvgIpc) is 2.50. The molecule has 0 aliphatic rings. The molecule has 0 bridgehead atoms. The van der Waals surface area contributed by atoms with Gasteiger partial charge in [-0.25, -0.2) is 4.79 Å². The van der Waals surface area contributed by atoms with E-state index in [1.54, 1.807) is 0 Å². The maximum Gasteiger partial charge on any atom is 0.326 e. The molecule has 0 spiro atoms. The van der Waals surface area contributed by atoms with Crippen molar-refractivity contribution in [2.24, 2.45) is 11.5 Å². The quantitative estimate of drug-likeness (QED) is 0.202. The fourth-order valence-electron chi connectivity index (χ4n) is 1.56. The molecule has 4 amide bonds. The predicted molar refractivity (Wildman–Crippen MR) is 83.6 cm³/mol. The Morgan fingerprint density at radius 2 is 1.60 bits per heavy atom. The van der Waals surface area contributed by atoms with Crippen LogP contribution in [0, 0.1) is 0 Å². The van der Waals surface area contributed by atoms with Crippen molar-refractivity contribution in [3.05, 3.63) is 0 Å². The Morgan fingerprint density at radius 3 is 2.04 bits per heavy atom. The average molecular weight is 361 g/mol. The zero-order chi connectivity index (χ0) is 19.7. The molecule has 0 rings (SSSR count). The number of carbonyl (C=O) groups is 5. The monoisotopic (exact) mass is 361 g/mol. The minimum Gasteiger partial charge on any atom is -0.480 e. The normalized spacial score (nSPS) is 15.2. The summed E-state index contributed by atoms with van der Waals surface area (Å²) in [5.74, 6) is -4.72. The molecular formula is C13H23N5O7. The second-order valence-corrected chi connectivity index (χ2v) is 5.34. The van der Waals surface area contributed by atoms with Gasteiger partial charge in [0.05, 0.1) is 19.1 Å². The number of hydrogen-bond acceptors (Lipinski definition) is 7. The van der Waals surface area contributed by atoms with Crippen LogP contribution < -0.4 is 27.4 Å². The Balaban J connectivity index is 4.46. The zero-order valence-corrected chi connectivity index (χ0v) is 13.8. The van der Waals surface area contributed by atoms with Crippen LogP contribution in [0.1, 0.15) is 20.3 Å². The summed E-state index contributed by atoms with van der Waals surface area (Å²) >= 11 is 0. The summed E-state index contributed by atoms with van der Waals surface area (Å²) in [4.78, 5) is 56.6. The zero-order valence-electron chi connectivity index (χ0n) is 13.8. The van der Waals surface area contributed by atoms with Gasteiger partial charge in [0.2, 0.25) is 23.6 Å². The number of amides is 4. The molecule has 4 unspecified atom stereocenters. The summed E-state index contributed by atoms with van der Waals surface area (Å²) in [6.45, 7) is 2.09. The standard InChI is InChI=1S/C13H23N5O7/c1-5(11(22)18-7(13(24)25)3-8(14)20)17-9(21)4-16-12(23)10(15)6(2)19/h5-7,10,19H,3-4,15H2,1-2H3,(H2,14,20)(H,16,23)(H,17,21)(H,18,22)(H,24,25). The van der Waals surface area contributed by atoms with Gasteiger partial charge in [-0.1, -0.05) is 0 Å². The second kappa shape index (κ2) is 10.2. The molecule has 0 radical (unpaired) electrons. The number of primary amides is 1. The van der Waals surface area contributed by atoms with Crippen molar-refractivity contribution in [3.63, 3.8) is 0 Å². The second-order valence-electron chi connectivity index (χ2n) is 5.34. The molecule has 4 atom stereocenters. The van der Waals surface area contributed by atoms with Gasteiger partial charge in [-0.15, -0.1) is 0 Å². The molecule has 12 nitrogen and oxygen atoms in total. The Hall–Kier alpha value is -2.73. The van der Waals surface area contributed by atoms with Crippen molar-refractivity contribution >= 4 is 29.6 Å². The lowest BCUT2D eigenvalue weighted by atomic mass is 10.2. The van der Waals surface area contributed by atoms with Crippen LogP contribution in [-0.4, -0.2) is 70.6 Å². The van der Waals surface area contributed by atoms with E-state index >= 15 is 0 Å². The van der Waals surface area contributed by atoms with E-state index in [2.05, 4.69) is 16.0 Å². The van der Waals surface area contributed by atoms with Crippen LogP contribution in [0.3, 0.4) is 0 Å². The summed E-state index contributed by atoms with van der Waals surface area (Å²) in [5, 5.41) is 24.5. The number of nitrogens with two attached hydrogens (primary N) is 2. The highest BCUT2D eigenvalue weighted by Gasteiger charge is 2.25. The molecule has 0 fully saturated rings. The molecule has 0 aromatic rings. The first-order valence-electron chi connectivity index (χ1n) is 7.27. The van der Waals surface area contributed by atoms with Crippen molar-refractivity contribution in [1.82, 2.24) is 16.0 Å². The highest BCUT2D eigenvalue weighted by atomic mass is 16.4. The topological polar surface area (TPSA) is 214 Å². The van der Waals surface area contributed by atoms with E-state index in [4.69, 9.17) is 21.7 Å². The van der Waals surface area contributed by atoms with Gasteiger partial charge in [-0.3, -0.25) is 19.2 Å². The molecule has 0 aliphatic carbocycles. The van der Waals surface area contributed by atoms with Crippen LogP contribution in [0.4, 0.5) is 0 Å². The Kier molecular flexibility index (Phi) is 9.09. The van der Waals surface area contributed by atoms with Crippen molar-refractivity contribution in [3.8, 4) is 0 Å². The van der Waals surface area contributed by atoms with Crippen molar-refractivity contribution < 1.29 is 34.2 Å². The predicted octanol–water partition coefficient (Wildman–Crippen LogP) is -4.24. The largest absolute Gasteiger partial charge is 0.480 e. The molecule has 0 aromatic carbocycles. The van der Waals surface area contributed by atoms with Crippen LogP contribution in [0.25, 0.3) is 0 Å². The number of aliphatic hydroxyl groups is 1. The summed E-state index contributed by atoms with van der Waals surface area (Å²) in [6, 6.07) is -3.86. The number of aliphatic carboxylic acids is 1. The van der Waals surface area contributed by atoms with E-state index in [0.29, 0.717) is 0 Å². The molecule has 0 heterocycles. The third kappa shape index (κ3) is 8.62. The van der Waals surface area contributed by atoms with Gasteiger partial charge in [0, 0.05) is 0 Å². The minimum atomic E-state index is -1.52. The first-order chi connectivity index (χ1) is 11.5. The first kappa shape index (κ1) is 22.3. The fraction of sp³-hybridized carbons (Fsp3) is 0.615. The Bertz CT molecular complexity index is 537. The van der Waals surface area contributed by atoms with Gasteiger partial charge in [0.1, 0.15) is 18.1 Å². The first-order valence-corrected chi connectivity index (χ1v) is 7.27. The van der Waals surface area contributed by atoms with Crippen LogP contribution in [-0.2, 0) is 24.0 Å². The molecule has 12 heteroatoms. The Labute approximate surface area is 143 Å². The summed E-state index contributed by atoms with van der Waals surface area (Å²) < 4.78 is 0. The SMILES string of the molecule is CC(NC(=O)CNC(=O)C(N)C(C)O)C(=O)NC(CC(N)=O)C(=O)O. The summed E-state index contributed by atoms with van der Waals surface area (Å²) in [7, 11) is 0. The number of rotatable bonds is 10. The van der Waals surface area contributed by atoms with Crippen molar-refractivity contribution in [1.29, 1.82) is 0 Å². The van der Waals surface area contributed by atoms with Gasteiger partial charge >= 0.3 is 5.97 Å². The summed E-state index contributed by atoms with van der Waals surface area (Å²) in [6.07, 6.45) is -1.71. The van der Waals surface area contributed by atoms with E-state index in [0.717, 1.165) is 0 Å². The smallest absolute Gasteiger partial charge is 0.326 e. The lowest BCUT2D eigenvalue weighted by Crippen LogP contribution is -2.54. The van der Waals surface area contributed by atoms with E-state index in [-0.39, 0.29) is 0 Å². The number of aliphatic hydroxyl groups excluding tert-OH is 1. The molecule has 0 saturated heterocycles. The Morgan fingerprint density at radius 1 is 1.04 bits per heavy atom. The minimum absolute atomic E-state index is 0.499. The molecular weight excluding hydrogens is 338 g/mol.